The minimum Gasteiger partial charge on any atom is -0.292 e. The fourth-order valence-corrected chi connectivity index (χ4v) is 2.78. The molecule has 0 radical (unpaired) electrons. The lowest BCUT2D eigenvalue weighted by molar-refractivity contribution is 0.495. The van der Waals surface area contributed by atoms with Crippen LogP contribution in [-0.2, 0) is 7.05 Å². The highest BCUT2D eigenvalue weighted by atomic mass is 19.2. The second-order valence-electron chi connectivity index (χ2n) is 6.09. The molecule has 0 amide bonds. The van der Waals surface area contributed by atoms with Crippen molar-refractivity contribution in [3.8, 4) is 11.4 Å². The zero-order chi connectivity index (χ0) is 17.8. The Morgan fingerprint density at radius 3 is 2.29 bits per heavy atom. The van der Waals surface area contributed by atoms with E-state index in [1.807, 2.05) is 19.9 Å². The Labute approximate surface area is 136 Å². The lowest BCUT2D eigenvalue weighted by Crippen LogP contribution is -2.24. The molecule has 7 heteroatoms. The first kappa shape index (κ1) is 16.3. The van der Waals surface area contributed by atoms with Crippen LogP contribution in [0.3, 0.4) is 0 Å². The molecule has 0 saturated carbocycles. The maximum atomic E-state index is 14.1. The highest BCUT2D eigenvalue weighted by Crippen LogP contribution is 2.25. The van der Waals surface area contributed by atoms with Crippen LogP contribution in [-0.4, -0.2) is 14.2 Å². The van der Waals surface area contributed by atoms with Gasteiger partial charge in [0, 0.05) is 18.8 Å². The Morgan fingerprint density at radius 2 is 1.67 bits per heavy atom. The third kappa shape index (κ3) is 2.31. The molecule has 4 nitrogen and oxygen atoms in total. The van der Waals surface area contributed by atoms with Crippen molar-refractivity contribution in [3.63, 3.8) is 0 Å². The van der Waals surface area contributed by atoms with E-state index in [-0.39, 0.29) is 22.9 Å². The van der Waals surface area contributed by atoms with E-state index < -0.39 is 17.5 Å². The van der Waals surface area contributed by atoms with Gasteiger partial charge in [-0.2, -0.15) is 0 Å². The average Bonchev–Trinajstić information content (AvgIpc) is 2.84. The number of halogens is 3. The summed E-state index contributed by atoms with van der Waals surface area (Å²) in [6, 6.07) is 3.00. The number of aryl methyl sites for hydroxylation is 1. The Bertz CT molecular complexity index is 1020. The van der Waals surface area contributed by atoms with Gasteiger partial charge < -0.3 is 0 Å². The number of hydrogen-bond acceptors (Lipinski definition) is 2. The summed E-state index contributed by atoms with van der Waals surface area (Å²) in [5.74, 6) is -3.44. The van der Waals surface area contributed by atoms with Gasteiger partial charge in [-0.3, -0.25) is 9.36 Å². The maximum absolute atomic E-state index is 14.1. The molecule has 0 N–H and O–H groups in total. The fraction of sp³-hybridized carbons (Fsp3) is 0.294. The maximum Gasteiger partial charge on any atom is 0.278 e. The molecule has 0 fully saturated rings. The zero-order valence-electron chi connectivity index (χ0n) is 13.7. The van der Waals surface area contributed by atoms with E-state index in [4.69, 9.17) is 0 Å². The summed E-state index contributed by atoms with van der Waals surface area (Å²) in [6.45, 7) is 5.69. The summed E-state index contributed by atoms with van der Waals surface area (Å²) >= 11 is 0. The van der Waals surface area contributed by atoms with E-state index in [2.05, 4.69) is 5.10 Å². The molecule has 2 aromatic heterocycles. The van der Waals surface area contributed by atoms with E-state index in [9.17, 15) is 18.0 Å². The van der Waals surface area contributed by atoms with Crippen LogP contribution in [0.4, 0.5) is 13.2 Å². The first-order chi connectivity index (χ1) is 11.2. The van der Waals surface area contributed by atoms with E-state index in [1.165, 1.54) is 11.6 Å². The summed E-state index contributed by atoms with van der Waals surface area (Å²) in [4.78, 5) is 12.7. The molecular formula is C17H16F3N3O. The molecule has 126 valence electrons. The number of fused-ring (bicyclic) bond motifs is 1. The first-order valence-electron chi connectivity index (χ1n) is 7.46. The largest absolute Gasteiger partial charge is 0.292 e. The number of aromatic nitrogens is 3. The van der Waals surface area contributed by atoms with Crippen molar-refractivity contribution in [1.82, 2.24) is 14.2 Å². The van der Waals surface area contributed by atoms with Crippen molar-refractivity contribution in [2.24, 2.45) is 7.05 Å². The molecule has 0 unspecified atom stereocenters. The molecule has 3 aromatic rings. The van der Waals surface area contributed by atoms with Gasteiger partial charge in [-0.15, -0.1) is 5.10 Å². The Morgan fingerprint density at radius 1 is 1.04 bits per heavy atom. The van der Waals surface area contributed by atoms with E-state index in [1.54, 1.807) is 6.92 Å². The SMILES string of the molecule is Cc1cc(C(C)C)c2c(=O)n(C)c(-c3cc(F)c(F)cc3F)nn12. The van der Waals surface area contributed by atoms with Crippen LogP contribution in [0.1, 0.15) is 31.0 Å². The predicted octanol–water partition coefficient (Wildman–Crippen LogP) is 3.55. The topological polar surface area (TPSA) is 39.3 Å². The van der Waals surface area contributed by atoms with E-state index >= 15 is 0 Å². The molecule has 0 aliphatic rings. The van der Waals surface area contributed by atoms with Crippen LogP contribution >= 0.6 is 0 Å². The third-order valence-corrected chi connectivity index (χ3v) is 4.08. The van der Waals surface area contributed by atoms with Gasteiger partial charge in [0.15, 0.2) is 17.5 Å². The number of rotatable bonds is 2. The van der Waals surface area contributed by atoms with Gasteiger partial charge in [-0.05, 0) is 30.5 Å². The second-order valence-corrected chi connectivity index (χ2v) is 6.09. The molecule has 0 spiro atoms. The molecule has 0 aliphatic heterocycles. The number of nitrogens with zero attached hydrogens (tertiary/aromatic N) is 3. The smallest absolute Gasteiger partial charge is 0.278 e. The van der Waals surface area contributed by atoms with Crippen LogP contribution in [0.25, 0.3) is 16.9 Å². The zero-order valence-corrected chi connectivity index (χ0v) is 13.7. The Balaban J connectivity index is 2.40. The van der Waals surface area contributed by atoms with Gasteiger partial charge in [0.1, 0.15) is 11.3 Å². The van der Waals surface area contributed by atoms with E-state index in [0.717, 1.165) is 10.1 Å². The van der Waals surface area contributed by atoms with Crippen molar-refractivity contribution in [2.45, 2.75) is 26.7 Å². The van der Waals surface area contributed by atoms with Crippen molar-refractivity contribution in [1.29, 1.82) is 0 Å². The van der Waals surface area contributed by atoms with Crippen LogP contribution in [0.15, 0.2) is 23.0 Å². The molecule has 0 atom stereocenters. The predicted molar refractivity (Wildman–Crippen MR) is 84.6 cm³/mol. The average molecular weight is 335 g/mol. The van der Waals surface area contributed by atoms with Gasteiger partial charge in [-0.25, -0.2) is 17.7 Å². The lowest BCUT2D eigenvalue weighted by Gasteiger charge is -2.11. The van der Waals surface area contributed by atoms with Crippen molar-refractivity contribution in [3.05, 3.63) is 57.3 Å². The van der Waals surface area contributed by atoms with Crippen molar-refractivity contribution < 1.29 is 13.2 Å². The molecule has 0 saturated heterocycles. The van der Waals surface area contributed by atoms with Gasteiger partial charge in [0.25, 0.3) is 5.56 Å². The molecule has 1 aromatic carbocycles. The summed E-state index contributed by atoms with van der Waals surface area (Å²) in [6.07, 6.45) is 0. The highest BCUT2D eigenvalue weighted by Gasteiger charge is 2.20. The Hall–Kier alpha value is -2.57. The summed E-state index contributed by atoms with van der Waals surface area (Å²) in [7, 11) is 1.43. The standard InChI is InChI=1S/C17H16F3N3O/c1-8(2)10-5-9(3)23-15(10)17(24)22(4)16(21-23)11-6-13(19)14(20)7-12(11)18/h5-8H,1-4H3. The van der Waals surface area contributed by atoms with E-state index in [0.29, 0.717) is 23.3 Å². The highest BCUT2D eigenvalue weighted by molar-refractivity contribution is 5.62. The summed E-state index contributed by atoms with van der Waals surface area (Å²) < 4.78 is 43.3. The summed E-state index contributed by atoms with van der Waals surface area (Å²) in [5.41, 5.74) is 1.29. The minimum absolute atomic E-state index is 0.0714. The van der Waals surface area contributed by atoms with Gasteiger partial charge in [0.2, 0.25) is 0 Å². The van der Waals surface area contributed by atoms with Gasteiger partial charge >= 0.3 is 0 Å². The number of benzene rings is 1. The normalized spacial score (nSPS) is 11.7. The first-order valence-corrected chi connectivity index (χ1v) is 7.46. The minimum atomic E-state index is -1.29. The van der Waals surface area contributed by atoms with Gasteiger partial charge in [-0.1, -0.05) is 13.8 Å². The monoisotopic (exact) mass is 335 g/mol. The molecule has 0 bridgehead atoms. The molecule has 24 heavy (non-hydrogen) atoms. The number of hydrogen-bond donors (Lipinski definition) is 0. The van der Waals surface area contributed by atoms with Crippen LogP contribution in [0.2, 0.25) is 0 Å². The van der Waals surface area contributed by atoms with Crippen LogP contribution in [0.5, 0.6) is 0 Å². The van der Waals surface area contributed by atoms with Gasteiger partial charge in [0.05, 0.1) is 5.56 Å². The second kappa shape index (κ2) is 5.51. The van der Waals surface area contributed by atoms with Crippen LogP contribution in [0, 0.1) is 24.4 Å². The quantitative estimate of drug-likeness (QED) is 0.672. The molecular weight excluding hydrogens is 319 g/mol. The Kier molecular flexibility index (Phi) is 3.74. The van der Waals surface area contributed by atoms with Crippen LogP contribution < -0.4 is 5.56 Å². The molecule has 0 aliphatic carbocycles. The fourth-order valence-electron chi connectivity index (χ4n) is 2.78. The molecule has 2 heterocycles. The molecule has 3 rings (SSSR count). The summed E-state index contributed by atoms with van der Waals surface area (Å²) in [5, 5.41) is 4.29. The van der Waals surface area contributed by atoms with Crippen molar-refractivity contribution in [2.75, 3.05) is 0 Å². The lowest BCUT2D eigenvalue weighted by atomic mass is 10.1. The van der Waals surface area contributed by atoms with Crippen molar-refractivity contribution >= 4 is 5.52 Å². The third-order valence-electron chi connectivity index (χ3n) is 4.08.